The highest BCUT2D eigenvalue weighted by Crippen LogP contribution is 2.21. The fraction of sp³-hybridized carbons (Fsp3) is 0.545. The minimum Gasteiger partial charge on any atom is -0.373 e. The summed E-state index contributed by atoms with van der Waals surface area (Å²) >= 11 is 0. The Kier molecular flexibility index (Phi) is 3.88. The van der Waals surface area contributed by atoms with Gasteiger partial charge in [0.15, 0.2) is 0 Å². The number of nitrogens with zero attached hydrogens (tertiary/aromatic N) is 2. The van der Waals surface area contributed by atoms with E-state index >= 15 is 0 Å². The molecule has 1 aromatic rings. The summed E-state index contributed by atoms with van der Waals surface area (Å²) in [6.45, 7) is 6.94. The molecule has 0 bridgehead atoms. The Labute approximate surface area is 101 Å². The Morgan fingerprint density at radius 3 is 2.41 bits per heavy atom. The van der Waals surface area contributed by atoms with Crippen LogP contribution >= 0.6 is 0 Å². The summed E-state index contributed by atoms with van der Waals surface area (Å²) in [6.07, 6.45) is 0. The molecule has 0 radical (unpaired) electrons. The second-order valence-corrected chi connectivity index (χ2v) is 5.02. The molecular formula is C11H18N4O2. The fourth-order valence-corrected chi connectivity index (χ4v) is 1.20. The third kappa shape index (κ3) is 4.26. The molecule has 0 unspecified atom stereocenters. The number of anilines is 2. The lowest BCUT2D eigenvalue weighted by Gasteiger charge is -2.19. The Hall–Kier alpha value is -1.85. The number of rotatable bonds is 4. The van der Waals surface area contributed by atoms with Gasteiger partial charge in [-0.25, -0.2) is 4.98 Å². The Morgan fingerprint density at radius 1 is 1.35 bits per heavy atom. The van der Waals surface area contributed by atoms with Crippen LogP contribution in [0.15, 0.2) is 12.1 Å². The normalized spacial score (nSPS) is 11.1. The molecule has 0 saturated heterocycles. The summed E-state index contributed by atoms with van der Waals surface area (Å²) in [5, 5.41) is 16.6. The molecule has 1 aromatic heterocycles. The van der Waals surface area contributed by atoms with Crippen LogP contribution in [0, 0.1) is 15.5 Å². The molecule has 0 amide bonds. The summed E-state index contributed by atoms with van der Waals surface area (Å²) in [5.41, 5.74) is 0.118. The highest BCUT2D eigenvalue weighted by molar-refractivity contribution is 5.54. The van der Waals surface area contributed by atoms with Gasteiger partial charge < -0.3 is 10.6 Å². The van der Waals surface area contributed by atoms with E-state index in [0.717, 1.165) is 0 Å². The van der Waals surface area contributed by atoms with Gasteiger partial charge in [-0.2, -0.15) is 0 Å². The van der Waals surface area contributed by atoms with Crippen LogP contribution in [-0.4, -0.2) is 23.5 Å². The zero-order valence-corrected chi connectivity index (χ0v) is 10.6. The van der Waals surface area contributed by atoms with E-state index in [1.165, 1.54) is 12.1 Å². The van der Waals surface area contributed by atoms with E-state index in [2.05, 4.69) is 36.4 Å². The van der Waals surface area contributed by atoms with Gasteiger partial charge in [-0.3, -0.25) is 10.1 Å². The van der Waals surface area contributed by atoms with E-state index < -0.39 is 4.92 Å². The van der Waals surface area contributed by atoms with Gasteiger partial charge in [0.05, 0.1) is 17.1 Å². The SMILES string of the molecule is CNc1cc([N+](=O)[O-])cc(NCC(C)(C)C)n1. The molecule has 6 heteroatoms. The molecule has 0 aliphatic carbocycles. The average molecular weight is 238 g/mol. The maximum atomic E-state index is 10.7. The van der Waals surface area contributed by atoms with E-state index in [1.807, 2.05) is 0 Å². The smallest absolute Gasteiger partial charge is 0.276 e. The molecule has 1 heterocycles. The van der Waals surface area contributed by atoms with Gasteiger partial charge >= 0.3 is 0 Å². The van der Waals surface area contributed by atoms with Crippen LogP contribution in [0.2, 0.25) is 0 Å². The van der Waals surface area contributed by atoms with Crippen molar-refractivity contribution in [2.24, 2.45) is 5.41 Å². The molecule has 0 fully saturated rings. The molecule has 94 valence electrons. The highest BCUT2D eigenvalue weighted by Gasteiger charge is 2.13. The molecule has 17 heavy (non-hydrogen) atoms. The van der Waals surface area contributed by atoms with Gasteiger partial charge in [0.2, 0.25) is 0 Å². The van der Waals surface area contributed by atoms with Crippen molar-refractivity contribution in [3.8, 4) is 0 Å². The first-order chi connectivity index (χ1) is 7.81. The number of nitrogens with one attached hydrogen (secondary N) is 2. The largest absolute Gasteiger partial charge is 0.373 e. The van der Waals surface area contributed by atoms with E-state index in [1.54, 1.807) is 7.05 Å². The summed E-state index contributed by atoms with van der Waals surface area (Å²) in [5.74, 6) is 0.995. The second-order valence-electron chi connectivity index (χ2n) is 5.02. The van der Waals surface area contributed by atoms with Crippen molar-refractivity contribution in [2.75, 3.05) is 24.2 Å². The topological polar surface area (TPSA) is 80.1 Å². The van der Waals surface area contributed by atoms with Crippen LogP contribution < -0.4 is 10.6 Å². The molecule has 0 aliphatic heterocycles. The maximum Gasteiger partial charge on any atom is 0.276 e. The van der Waals surface area contributed by atoms with E-state index in [9.17, 15) is 10.1 Å². The fourth-order valence-electron chi connectivity index (χ4n) is 1.20. The molecule has 0 spiro atoms. The lowest BCUT2D eigenvalue weighted by molar-refractivity contribution is -0.384. The van der Waals surface area contributed by atoms with Gasteiger partial charge in [-0.15, -0.1) is 0 Å². The zero-order valence-electron chi connectivity index (χ0n) is 10.6. The summed E-state index contributed by atoms with van der Waals surface area (Å²) in [7, 11) is 1.68. The molecule has 2 N–H and O–H groups in total. The molecule has 0 aliphatic rings. The molecule has 0 saturated carbocycles. The first-order valence-electron chi connectivity index (χ1n) is 5.40. The predicted octanol–water partition coefficient (Wildman–Crippen LogP) is 2.49. The monoisotopic (exact) mass is 238 g/mol. The Balaban J connectivity index is 2.91. The van der Waals surface area contributed by atoms with Crippen molar-refractivity contribution in [3.63, 3.8) is 0 Å². The first-order valence-corrected chi connectivity index (χ1v) is 5.40. The van der Waals surface area contributed by atoms with Crippen molar-refractivity contribution < 1.29 is 4.92 Å². The van der Waals surface area contributed by atoms with Gasteiger partial charge in [0, 0.05) is 13.6 Å². The van der Waals surface area contributed by atoms with E-state index in [0.29, 0.717) is 18.2 Å². The van der Waals surface area contributed by atoms with Crippen molar-refractivity contribution in [2.45, 2.75) is 20.8 Å². The summed E-state index contributed by atoms with van der Waals surface area (Å²) in [4.78, 5) is 14.5. The Morgan fingerprint density at radius 2 is 1.94 bits per heavy atom. The number of pyridine rings is 1. The molecule has 1 rings (SSSR count). The van der Waals surface area contributed by atoms with Gasteiger partial charge in [0.25, 0.3) is 5.69 Å². The lowest BCUT2D eigenvalue weighted by Crippen LogP contribution is -2.19. The molecule has 6 nitrogen and oxygen atoms in total. The quantitative estimate of drug-likeness (QED) is 0.622. The van der Waals surface area contributed by atoms with E-state index in [-0.39, 0.29) is 11.1 Å². The maximum absolute atomic E-state index is 10.7. The molecule has 0 atom stereocenters. The molecular weight excluding hydrogens is 220 g/mol. The highest BCUT2D eigenvalue weighted by atomic mass is 16.6. The van der Waals surface area contributed by atoms with Crippen LogP contribution in [0.4, 0.5) is 17.3 Å². The Bertz CT molecular complexity index is 412. The third-order valence-corrected chi connectivity index (χ3v) is 2.08. The summed E-state index contributed by atoms with van der Waals surface area (Å²) in [6, 6.07) is 2.84. The van der Waals surface area contributed by atoms with Crippen molar-refractivity contribution in [3.05, 3.63) is 22.2 Å². The third-order valence-electron chi connectivity index (χ3n) is 2.08. The van der Waals surface area contributed by atoms with Crippen molar-refractivity contribution in [1.29, 1.82) is 0 Å². The number of hydrogen-bond donors (Lipinski definition) is 2. The number of hydrogen-bond acceptors (Lipinski definition) is 5. The van der Waals surface area contributed by atoms with Crippen LogP contribution in [-0.2, 0) is 0 Å². The number of nitro groups is 1. The molecule has 0 aromatic carbocycles. The van der Waals surface area contributed by atoms with Gasteiger partial charge in [-0.1, -0.05) is 20.8 Å². The zero-order chi connectivity index (χ0) is 13.1. The van der Waals surface area contributed by atoms with E-state index in [4.69, 9.17) is 0 Å². The first kappa shape index (κ1) is 13.2. The minimum absolute atomic E-state index is 0.0285. The second kappa shape index (κ2) is 4.99. The van der Waals surface area contributed by atoms with Crippen molar-refractivity contribution >= 4 is 17.3 Å². The van der Waals surface area contributed by atoms with Crippen LogP contribution in [0.1, 0.15) is 20.8 Å². The van der Waals surface area contributed by atoms with Crippen LogP contribution in [0.5, 0.6) is 0 Å². The lowest BCUT2D eigenvalue weighted by atomic mass is 9.97. The van der Waals surface area contributed by atoms with Gasteiger partial charge in [0.1, 0.15) is 11.6 Å². The number of aromatic nitrogens is 1. The summed E-state index contributed by atoms with van der Waals surface area (Å²) < 4.78 is 0. The van der Waals surface area contributed by atoms with Gasteiger partial charge in [-0.05, 0) is 5.41 Å². The average Bonchev–Trinajstić information content (AvgIpc) is 2.25. The standard InChI is InChI=1S/C11H18N4O2/c1-11(2,3)7-13-10-6-8(15(16)17)5-9(12-4)14-10/h5-6H,7H2,1-4H3,(H2,12,13,14). The van der Waals surface area contributed by atoms with Crippen LogP contribution in [0.3, 0.4) is 0 Å². The van der Waals surface area contributed by atoms with Crippen LogP contribution in [0.25, 0.3) is 0 Å². The minimum atomic E-state index is -0.426. The van der Waals surface area contributed by atoms with Crippen molar-refractivity contribution in [1.82, 2.24) is 4.98 Å². The predicted molar refractivity (Wildman–Crippen MR) is 68.4 cm³/mol.